The number of rotatable bonds is 2. The van der Waals surface area contributed by atoms with E-state index in [2.05, 4.69) is 6.07 Å². The summed E-state index contributed by atoms with van der Waals surface area (Å²) in [4.78, 5) is 1.78. The number of nitrogens with zero attached hydrogens (tertiary/aromatic N) is 1. The summed E-state index contributed by atoms with van der Waals surface area (Å²) in [5.41, 5.74) is 1.70. The van der Waals surface area contributed by atoms with Crippen LogP contribution in [-0.2, 0) is 0 Å². The highest BCUT2D eigenvalue weighted by atomic mass is 35.5. The molecule has 0 aromatic heterocycles. The van der Waals surface area contributed by atoms with Crippen molar-refractivity contribution in [3.63, 3.8) is 0 Å². The number of hydrogen-bond acceptors (Lipinski definition) is 2. The minimum atomic E-state index is 0.633. The minimum Gasteiger partial charge on any atom is -0.192 e. The van der Waals surface area contributed by atoms with Crippen LogP contribution in [0.4, 0.5) is 0 Å². The van der Waals surface area contributed by atoms with Crippen molar-refractivity contribution in [1.82, 2.24) is 0 Å². The first-order chi connectivity index (χ1) is 8.61. The maximum atomic E-state index is 9.12. The fourth-order valence-corrected chi connectivity index (χ4v) is 3.04. The van der Waals surface area contributed by atoms with Gasteiger partial charge in [0.2, 0.25) is 0 Å². The Morgan fingerprint density at radius 2 is 1.94 bits per heavy atom. The lowest BCUT2D eigenvalue weighted by Crippen LogP contribution is -1.86. The van der Waals surface area contributed by atoms with E-state index in [1.807, 2.05) is 25.1 Å². The van der Waals surface area contributed by atoms with Gasteiger partial charge in [0.25, 0.3) is 0 Å². The standard InChI is InChI=1S/C14H9Cl2NS/c1-9-3-2-4-10(8-17)14(9)18-13-7-11(15)5-6-12(13)16/h2-7H,1H3. The Bertz CT molecular complexity index is 632. The largest absolute Gasteiger partial charge is 0.192 e. The van der Waals surface area contributed by atoms with Gasteiger partial charge in [0, 0.05) is 14.8 Å². The van der Waals surface area contributed by atoms with E-state index >= 15 is 0 Å². The molecule has 0 aliphatic rings. The quantitative estimate of drug-likeness (QED) is 0.748. The van der Waals surface area contributed by atoms with Crippen LogP contribution in [0.1, 0.15) is 11.1 Å². The molecular formula is C14H9Cl2NS. The Morgan fingerprint density at radius 3 is 2.67 bits per heavy atom. The lowest BCUT2D eigenvalue weighted by molar-refractivity contribution is 1.26. The van der Waals surface area contributed by atoms with Crippen LogP contribution < -0.4 is 0 Å². The van der Waals surface area contributed by atoms with Crippen LogP contribution in [0.25, 0.3) is 0 Å². The fraction of sp³-hybridized carbons (Fsp3) is 0.0714. The summed E-state index contributed by atoms with van der Waals surface area (Å²) < 4.78 is 0. The Kier molecular flexibility index (Phi) is 4.19. The van der Waals surface area contributed by atoms with Gasteiger partial charge in [-0.3, -0.25) is 0 Å². The summed E-state index contributed by atoms with van der Waals surface area (Å²) in [5, 5.41) is 10.4. The van der Waals surface area contributed by atoms with Gasteiger partial charge in [0.15, 0.2) is 0 Å². The Hall–Kier alpha value is -1.14. The minimum absolute atomic E-state index is 0.633. The highest BCUT2D eigenvalue weighted by Crippen LogP contribution is 2.38. The average molecular weight is 294 g/mol. The summed E-state index contributed by atoms with van der Waals surface area (Å²) in [6.07, 6.45) is 0. The van der Waals surface area contributed by atoms with Gasteiger partial charge in [0.05, 0.1) is 10.6 Å². The summed E-state index contributed by atoms with van der Waals surface area (Å²) >= 11 is 13.6. The Morgan fingerprint density at radius 1 is 1.17 bits per heavy atom. The van der Waals surface area contributed by atoms with Crippen molar-refractivity contribution in [3.05, 3.63) is 57.6 Å². The molecular weight excluding hydrogens is 285 g/mol. The van der Waals surface area contributed by atoms with Crippen molar-refractivity contribution in [2.24, 2.45) is 0 Å². The van der Waals surface area contributed by atoms with Gasteiger partial charge in [-0.15, -0.1) is 0 Å². The van der Waals surface area contributed by atoms with Crippen LogP contribution in [0.2, 0.25) is 10.0 Å². The van der Waals surface area contributed by atoms with Crippen molar-refractivity contribution in [2.45, 2.75) is 16.7 Å². The van der Waals surface area contributed by atoms with Gasteiger partial charge in [-0.05, 0) is 36.8 Å². The molecule has 0 unspecified atom stereocenters. The van der Waals surface area contributed by atoms with Gasteiger partial charge in [-0.25, -0.2) is 0 Å². The van der Waals surface area contributed by atoms with E-state index in [1.54, 1.807) is 18.2 Å². The summed E-state index contributed by atoms with van der Waals surface area (Å²) in [5.74, 6) is 0. The van der Waals surface area contributed by atoms with Crippen LogP contribution in [-0.4, -0.2) is 0 Å². The topological polar surface area (TPSA) is 23.8 Å². The molecule has 0 atom stereocenters. The van der Waals surface area contributed by atoms with Crippen molar-refractivity contribution >= 4 is 35.0 Å². The molecule has 0 N–H and O–H groups in total. The second-order valence-corrected chi connectivity index (χ2v) is 5.64. The third-order valence-corrected chi connectivity index (χ3v) is 4.42. The number of benzene rings is 2. The van der Waals surface area contributed by atoms with Gasteiger partial charge in [-0.2, -0.15) is 5.26 Å². The number of hydrogen-bond donors (Lipinski definition) is 0. The summed E-state index contributed by atoms with van der Waals surface area (Å²) in [6, 6.07) is 13.2. The highest BCUT2D eigenvalue weighted by molar-refractivity contribution is 7.99. The van der Waals surface area contributed by atoms with E-state index in [-0.39, 0.29) is 0 Å². The van der Waals surface area contributed by atoms with Gasteiger partial charge in [-0.1, -0.05) is 47.1 Å². The highest BCUT2D eigenvalue weighted by Gasteiger charge is 2.10. The molecule has 4 heteroatoms. The first-order valence-electron chi connectivity index (χ1n) is 5.24. The number of halogens is 2. The van der Waals surface area contributed by atoms with E-state index in [9.17, 15) is 0 Å². The lowest BCUT2D eigenvalue weighted by atomic mass is 10.1. The second kappa shape index (κ2) is 5.67. The van der Waals surface area contributed by atoms with Crippen LogP contribution in [0.15, 0.2) is 46.2 Å². The molecule has 0 bridgehead atoms. The van der Waals surface area contributed by atoms with Crippen LogP contribution >= 0.6 is 35.0 Å². The fourth-order valence-electron chi connectivity index (χ4n) is 1.54. The summed E-state index contributed by atoms with van der Waals surface area (Å²) in [7, 11) is 0. The predicted octanol–water partition coefficient (Wildman–Crippen LogP) is 5.32. The molecule has 1 nitrogen and oxygen atoms in total. The average Bonchev–Trinajstić information content (AvgIpc) is 2.36. The molecule has 0 saturated heterocycles. The maximum absolute atomic E-state index is 9.12. The molecule has 0 fully saturated rings. The molecule has 0 amide bonds. The smallest absolute Gasteiger partial charge is 0.100 e. The van der Waals surface area contributed by atoms with Crippen LogP contribution in [0.3, 0.4) is 0 Å². The number of nitriles is 1. The molecule has 0 heterocycles. The zero-order valence-electron chi connectivity index (χ0n) is 9.58. The van der Waals surface area contributed by atoms with Gasteiger partial charge < -0.3 is 0 Å². The lowest BCUT2D eigenvalue weighted by Gasteiger charge is -2.09. The summed E-state index contributed by atoms with van der Waals surface area (Å²) in [6.45, 7) is 1.97. The zero-order valence-corrected chi connectivity index (χ0v) is 11.9. The predicted molar refractivity (Wildman–Crippen MR) is 76.5 cm³/mol. The van der Waals surface area contributed by atoms with Gasteiger partial charge in [0.1, 0.15) is 6.07 Å². The molecule has 18 heavy (non-hydrogen) atoms. The molecule has 2 aromatic rings. The molecule has 0 saturated carbocycles. The van der Waals surface area contributed by atoms with Crippen LogP contribution in [0, 0.1) is 18.3 Å². The molecule has 0 aliphatic heterocycles. The Balaban J connectivity index is 2.46. The van der Waals surface area contributed by atoms with E-state index in [0.717, 1.165) is 15.4 Å². The normalized spacial score (nSPS) is 10.1. The van der Waals surface area contributed by atoms with Crippen LogP contribution in [0.5, 0.6) is 0 Å². The molecule has 2 aromatic carbocycles. The second-order valence-electron chi connectivity index (χ2n) is 3.74. The maximum Gasteiger partial charge on any atom is 0.100 e. The van der Waals surface area contributed by atoms with E-state index in [0.29, 0.717) is 15.6 Å². The van der Waals surface area contributed by atoms with Crippen molar-refractivity contribution in [3.8, 4) is 6.07 Å². The molecule has 0 radical (unpaired) electrons. The molecule has 2 rings (SSSR count). The third-order valence-electron chi connectivity index (χ3n) is 2.44. The first-order valence-corrected chi connectivity index (χ1v) is 6.81. The van der Waals surface area contributed by atoms with E-state index in [1.165, 1.54) is 11.8 Å². The SMILES string of the molecule is Cc1cccc(C#N)c1Sc1cc(Cl)ccc1Cl. The van der Waals surface area contributed by atoms with Crippen molar-refractivity contribution in [2.75, 3.05) is 0 Å². The molecule has 0 aliphatic carbocycles. The molecule has 0 spiro atoms. The molecule has 90 valence electrons. The Labute approximate surface area is 120 Å². The van der Waals surface area contributed by atoms with E-state index in [4.69, 9.17) is 28.5 Å². The first kappa shape index (κ1) is 13.3. The van der Waals surface area contributed by atoms with Crippen molar-refractivity contribution < 1.29 is 0 Å². The van der Waals surface area contributed by atoms with Crippen molar-refractivity contribution in [1.29, 1.82) is 5.26 Å². The third kappa shape index (κ3) is 2.81. The number of aryl methyl sites for hydroxylation is 1. The van der Waals surface area contributed by atoms with Gasteiger partial charge >= 0.3 is 0 Å². The van der Waals surface area contributed by atoms with E-state index < -0.39 is 0 Å². The monoisotopic (exact) mass is 293 g/mol. The zero-order chi connectivity index (χ0) is 13.1.